The molecule has 7 aliphatic rings. The van der Waals surface area contributed by atoms with E-state index in [1.54, 1.807) is 0 Å². The zero-order valence-electron chi connectivity index (χ0n) is 34.4. The third-order valence-corrected chi connectivity index (χ3v) is 18.4. The molecule has 4 atom stereocenters. The highest BCUT2D eigenvalue weighted by Crippen LogP contribution is 2.58. The second-order valence-electron chi connectivity index (χ2n) is 17.2. The second-order valence-corrected chi connectivity index (χ2v) is 24.9. The maximum absolute atomic E-state index is 2.52. The molecule has 290 valence electrons. The standard InChI is InChI=1S/C45H54S7.C2H6/c1-27-11-13-46-31(15-27)37-21-43(5,6)23-39(50-37)33-17-29(3)19-35(48-33)41-25-45(9,10)26-42(52-41)36-20-30(4)18-34(49-36)40-24-44(7,8)22-38(51-40)32-16-28(2)12-14-47-32;1-2/h15-30H,11-14H2,1-10H3;1-2H3. The summed E-state index contributed by atoms with van der Waals surface area (Å²) in [6.07, 6.45) is 32.6. The fourth-order valence-corrected chi connectivity index (χ4v) is 17.4. The minimum Gasteiger partial charge on any atom is -0.125 e. The Kier molecular flexibility index (Phi) is 14.0. The summed E-state index contributed by atoms with van der Waals surface area (Å²) in [5, 5.41) is 0. The Bertz CT molecular complexity index is 1760. The third kappa shape index (κ3) is 10.9. The number of rotatable bonds is 6. The molecule has 7 rings (SSSR count). The molecule has 0 bridgehead atoms. The van der Waals surface area contributed by atoms with Crippen LogP contribution >= 0.6 is 82.3 Å². The van der Waals surface area contributed by atoms with Crippen molar-refractivity contribution in [1.29, 1.82) is 0 Å². The van der Waals surface area contributed by atoms with Crippen molar-refractivity contribution in [2.45, 2.75) is 95.9 Å². The maximum atomic E-state index is 2.52. The molecule has 7 heterocycles. The molecule has 0 aliphatic carbocycles. The van der Waals surface area contributed by atoms with Gasteiger partial charge in [-0.25, -0.2) is 0 Å². The Morgan fingerprint density at radius 1 is 0.370 bits per heavy atom. The summed E-state index contributed by atoms with van der Waals surface area (Å²) in [5.74, 6) is 4.51. The molecule has 0 saturated carbocycles. The van der Waals surface area contributed by atoms with Crippen LogP contribution in [0.5, 0.6) is 0 Å². The van der Waals surface area contributed by atoms with E-state index in [0.717, 1.165) is 0 Å². The topological polar surface area (TPSA) is 0 Å². The van der Waals surface area contributed by atoms with Crippen LogP contribution < -0.4 is 0 Å². The smallest absolute Gasteiger partial charge is 0.0227 e. The van der Waals surface area contributed by atoms with Gasteiger partial charge in [-0.1, -0.05) is 215 Å². The highest BCUT2D eigenvalue weighted by Gasteiger charge is 2.33. The fourth-order valence-electron chi connectivity index (χ4n) is 7.16. The SMILES string of the molecule is CC.CC1C=C(C2=CC(C)(C)C=C(C3=CC(C)CCS3)S2)SC(C2=CC(C)(C)C=C(C3=CC(C)C=C(C4=CC(C)(C)C=C(C5=CC(C)CCS5)S4)S3)S2)=C1. The minimum absolute atomic E-state index is 0.0236. The molecule has 0 amide bonds. The van der Waals surface area contributed by atoms with Crippen molar-refractivity contribution in [2.75, 3.05) is 11.5 Å². The van der Waals surface area contributed by atoms with Crippen LogP contribution in [-0.2, 0) is 0 Å². The molecule has 0 spiro atoms. The number of allylic oxidation sites excluding steroid dienone is 12. The quantitative estimate of drug-likeness (QED) is 0.258. The van der Waals surface area contributed by atoms with Crippen molar-refractivity contribution in [2.24, 2.45) is 39.9 Å². The van der Waals surface area contributed by atoms with Crippen LogP contribution in [0.3, 0.4) is 0 Å². The Morgan fingerprint density at radius 3 is 0.870 bits per heavy atom. The lowest BCUT2D eigenvalue weighted by molar-refractivity contribution is 0.621. The predicted molar refractivity (Wildman–Crippen MR) is 258 cm³/mol. The Balaban J connectivity index is 0.00000245. The molecular formula is C47H60S7. The lowest BCUT2D eigenvalue weighted by atomic mass is 9.91. The normalized spacial score (nSPS) is 30.4. The first-order chi connectivity index (χ1) is 25.5. The molecule has 0 aromatic carbocycles. The van der Waals surface area contributed by atoms with Crippen molar-refractivity contribution in [3.05, 3.63) is 132 Å². The molecule has 0 nitrogen and oxygen atoms in total. The molecule has 54 heavy (non-hydrogen) atoms. The van der Waals surface area contributed by atoms with Gasteiger partial charge < -0.3 is 0 Å². The first-order valence-corrected chi connectivity index (χ1v) is 25.9. The molecule has 0 radical (unpaired) electrons. The van der Waals surface area contributed by atoms with E-state index in [1.165, 1.54) is 83.2 Å². The summed E-state index contributed by atoms with van der Waals surface area (Å²) >= 11 is 14.0. The van der Waals surface area contributed by atoms with E-state index in [2.05, 4.69) is 142 Å². The van der Waals surface area contributed by atoms with Gasteiger partial charge in [0, 0.05) is 75.1 Å². The Morgan fingerprint density at radius 2 is 0.611 bits per heavy atom. The molecule has 0 N–H and O–H groups in total. The van der Waals surface area contributed by atoms with Crippen molar-refractivity contribution in [3.8, 4) is 0 Å². The first kappa shape index (κ1) is 42.9. The van der Waals surface area contributed by atoms with Gasteiger partial charge >= 0.3 is 0 Å². The number of hydrogen-bond donors (Lipinski definition) is 0. The van der Waals surface area contributed by atoms with Crippen LogP contribution in [0.25, 0.3) is 0 Å². The van der Waals surface area contributed by atoms with E-state index in [9.17, 15) is 0 Å². The summed E-state index contributed by atoms with van der Waals surface area (Å²) in [6.45, 7) is 27.6. The van der Waals surface area contributed by atoms with Crippen LogP contribution in [0.2, 0.25) is 0 Å². The van der Waals surface area contributed by atoms with E-state index in [-0.39, 0.29) is 16.2 Å². The molecule has 0 saturated heterocycles. The highest BCUT2D eigenvalue weighted by molar-refractivity contribution is 8.16. The van der Waals surface area contributed by atoms with E-state index in [0.29, 0.717) is 23.7 Å². The average molecular weight is 849 g/mol. The summed E-state index contributed by atoms with van der Waals surface area (Å²) in [4.78, 5) is 17.1. The van der Waals surface area contributed by atoms with Crippen LogP contribution in [0, 0.1) is 39.9 Å². The van der Waals surface area contributed by atoms with Gasteiger partial charge in [-0.05, 0) is 48.0 Å². The summed E-state index contributed by atoms with van der Waals surface area (Å²) < 4.78 is 0. The summed E-state index contributed by atoms with van der Waals surface area (Å²) in [6, 6.07) is 0. The monoisotopic (exact) mass is 848 g/mol. The summed E-state index contributed by atoms with van der Waals surface area (Å²) in [5.41, 5.74) is 0.00953. The molecule has 0 aromatic rings. The minimum atomic E-state index is -0.0376. The van der Waals surface area contributed by atoms with Crippen LogP contribution in [-0.4, -0.2) is 11.5 Å². The van der Waals surface area contributed by atoms with Crippen molar-refractivity contribution in [1.82, 2.24) is 0 Å². The van der Waals surface area contributed by atoms with E-state index in [1.807, 2.05) is 96.2 Å². The Labute approximate surface area is 358 Å². The van der Waals surface area contributed by atoms with Crippen molar-refractivity contribution < 1.29 is 0 Å². The van der Waals surface area contributed by atoms with Crippen LogP contribution in [0.15, 0.2) is 132 Å². The first-order valence-electron chi connectivity index (χ1n) is 19.8. The van der Waals surface area contributed by atoms with E-state index < -0.39 is 0 Å². The van der Waals surface area contributed by atoms with Gasteiger partial charge in [0.2, 0.25) is 0 Å². The number of thioether (sulfide) groups is 7. The average Bonchev–Trinajstić information content (AvgIpc) is 3.10. The lowest BCUT2D eigenvalue weighted by Crippen LogP contribution is -2.13. The van der Waals surface area contributed by atoms with Crippen LogP contribution in [0.4, 0.5) is 0 Å². The zero-order chi connectivity index (χ0) is 39.0. The van der Waals surface area contributed by atoms with Crippen LogP contribution in [0.1, 0.15) is 95.9 Å². The molecule has 7 aliphatic heterocycles. The van der Waals surface area contributed by atoms with Gasteiger partial charge in [0.1, 0.15) is 0 Å². The molecular weight excluding hydrogens is 789 g/mol. The predicted octanol–water partition coefficient (Wildman–Crippen LogP) is 17.3. The summed E-state index contributed by atoms with van der Waals surface area (Å²) in [7, 11) is 0. The van der Waals surface area contributed by atoms with Gasteiger partial charge in [0.05, 0.1) is 0 Å². The second kappa shape index (κ2) is 17.7. The molecule has 0 fully saturated rings. The third-order valence-electron chi connectivity index (χ3n) is 9.77. The lowest BCUT2D eigenvalue weighted by Gasteiger charge is -2.33. The molecule has 7 heteroatoms. The van der Waals surface area contributed by atoms with Crippen molar-refractivity contribution in [3.63, 3.8) is 0 Å². The van der Waals surface area contributed by atoms with E-state index in [4.69, 9.17) is 0 Å². The number of hydrogen-bond acceptors (Lipinski definition) is 7. The highest BCUT2D eigenvalue weighted by atomic mass is 32.2. The zero-order valence-corrected chi connectivity index (χ0v) is 40.1. The van der Waals surface area contributed by atoms with Gasteiger partial charge in [0.15, 0.2) is 0 Å². The van der Waals surface area contributed by atoms with Gasteiger partial charge in [0.25, 0.3) is 0 Å². The van der Waals surface area contributed by atoms with Gasteiger partial charge in [-0.2, -0.15) is 0 Å². The van der Waals surface area contributed by atoms with Crippen molar-refractivity contribution >= 4 is 82.3 Å². The largest absolute Gasteiger partial charge is 0.125 e. The van der Waals surface area contributed by atoms with E-state index >= 15 is 0 Å². The fraction of sp³-hybridized carbons (Fsp3) is 0.489. The maximum Gasteiger partial charge on any atom is 0.0227 e. The van der Waals surface area contributed by atoms with Gasteiger partial charge in [-0.3, -0.25) is 0 Å². The molecule has 4 unspecified atom stereocenters. The Hall–Kier alpha value is -0.670. The van der Waals surface area contributed by atoms with Gasteiger partial charge in [-0.15, -0.1) is 23.5 Å². The molecule has 0 aromatic heterocycles.